The molecule has 0 spiro atoms. The van der Waals surface area contributed by atoms with Crippen LogP contribution in [-0.4, -0.2) is 105 Å². The van der Waals surface area contributed by atoms with Crippen LogP contribution in [0.3, 0.4) is 0 Å². The number of nitrogens with two attached hydrogens (primary N) is 1. The Morgan fingerprint density at radius 2 is 1.76 bits per heavy atom. The van der Waals surface area contributed by atoms with Gasteiger partial charge in [0.15, 0.2) is 6.29 Å². The van der Waals surface area contributed by atoms with Gasteiger partial charge in [-0.05, 0) is 60.4 Å². The van der Waals surface area contributed by atoms with Gasteiger partial charge in [-0.15, -0.1) is 0 Å². The first-order valence-electron chi connectivity index (χ1n) is 23.6. The standard InChI is InChI=1S/C49H54N7O19P3/c1-28(2)18-41(70-26-32-24-55(49(60)52-47(32)50)45-23-40(58)44(73-45)27-71-77(66,67)75-78(68,69)74-76(63,64)65)35-14-9-29(19-39(35)56(61)62)8-7-17-51-48(59)30-10-11-31(25-57)38(20-30)46-36-15-12-33(53(3)4)21-42(36)72-43-22-34(54(5)6)13-16-37(43)46/h9-16,19-22,24-25,28,40-41,44-45,58H,17-18,23,26-27H2,1-6H3,(H6-,50,51,52,59,60,63,64,65,66,67,68,69)/p+1/t40-,41-,44-,45-/m1/s1. The van der Waals surface area contributed by atoms with Gasteiger partial charge in [-0.2, -0.15) is 13.6 Å². The molecular formula is C49H55N7O19P3+. The number of anilines is 2. The summed E-state index contributed by atoms with van der Waals surface area (Å²) in [7, 11) is -9.38. The van der Waals surface area contributed by atoms with Gasteiger partial charge in [-0.1, -0.05) is 31.8 Å². The maximum absolute atomic E-state index is 13.7. The second-order valence-corrected chi connectivity index (χ2v) is 23.1. The number of aldehydes is 1. The number of carbonyl (C=O) groups excluding carboxylic acids is 2. The number of aliphatic hydroxyl groups excluding tert-OH is 1. The van der Waals surface area contributed by atoms with E-state index in [-0.39, 0.29) is 65.7 Å². The second kappa shape index (κ2) is 24.1. The van der Waals surface area contributed by atoms with E-state index in [0.29, 0.717) is 28.0 Å². The third-order valence-corrected chi connectivity index (χ3v) is 15.9. The number of phosphoric acid groups is 3. The average molecular weight is 1140 g/mol. The number of ether oxygens (including phenoxy) is 2. The second-order valence-electron chi connectivity index (χ2n) is 18.7. The maximum Gasteiger partial charge on any atom is 0.490 e. The minimum atomic E-state index is -5.82. The molecule has 1 fully saturated rings. The molecule has 29 heteroatoms. The Labute approximate surface area is 444 Å². The molecule has 414 valence electrons. The van der Waals surface area contributed by atoms with E-state index < -0.39 is 71.1 Å². The van der Waals surface area contributed by atoms with Gasteiger partial charge in [0.1, 0.15) is 43.6 Å². The molecular weight excluding hydrogens is 1080 g/mol. The summed E-state index contributed by atoms with van der Waals surface area (Å²) < 4.78 is 68.0. The number of nitrogens with zero attached hydrogens (tertiary/aromatic N) is 5. The molecule has 2 aliphatic heterocycles. The highest BCUT2D eigenvalue weighted by atomic mass is 31.3. The van der Waals surface area contributed by atoms with E-state index in [1.54, 1.807) is 18.2 Å². The molecule has 1 aromatic heterocycles. The summed E-state index contributed by atoms with van der Waals surface area (Å²) in [5.41, 5.74) is 9.40. The molecule has 7 rings (SSSR count). The first-order chi connectivity index (χ1) is 36.6. The molecule has 3 aromatic carbocycles. The van der Waals surface area contributed by atoms with Crippen LogP contribution in [0.4, 0.5) is 17.2 Å². The number of amides is 1. The Hall–Kier alpha value is -6.78. The number of nitro benzene ring substituents is 1. The van der Waals surface area contributed by atoms with Crippen molar-refractivity contribution in [3.05, 3.63) is 133 Å². The van der Waals surface area contributed by atoms with Crippen molar-refractivity contribution >= 4 is 63.8 Å². The smallest absolute Gasteiger partial charge is 0.456 e. The summed E-state index contributed by atoms with van der Waals surface area (Å²) in [4.78, 5) is 93.7. The Morgan fingerprint density at radius 3 is 2.42 bits per heavy atom. The number of carbonyl (C=O) groups is 2. The number of hydrogen-bond donors (Lipinski definition) is 7. The van der Waals surface area contributed by atoms with Crippen LogP contribution in [0.15, 0.2) is 88.2 Å². The number of hydrogen-bond acceptors (Lipinski definition) is 18. The van der Waals surface area contributed by atoms with Crippen LogP contribution in [0.2, 0.25) is 0 Å². The number of aromatic nitrogens is 2. The average Bonchev–Trinajstić information content (AvgIpc) is 3.90. The number of nitro groups is 1. The topological polar surface area (TPSA) is 368 Å². The van der Waals surface area contributed by atoms with Gasteiger partial charge < -0.3 is 54.5 Å². The number of rotatable bonds is 20. The highest BCUT2D eigenvalue weighted by Gasteiger charge is 2.43. The zero-order valence-corrected chi connectivity index (χ0v) is 45.3. The van der Waals surface area contributed by atoms with Crippen molar-refractivity contribution in [1.29, 1.82) is 0 Å². The summed E-state index contributed by atoms with van der Waals surface area (Å²) in [5.74, 6) is 5.47. The first-order valence-corrected chi connectivity index (χ1v) is 28.1. The largest absolute Gasteiger partial charge is 0.490 e. The van der Waals surface area contributed by atoms with Crippen LogP contribution in [0.5, 0.6) is 0 Å². The normalized spacial score (nSPS) is 17.5. The molecule has 26 nitrogen and oxygen atoms in total. The van der Waals surface area contributed by atoms with Gasteiger partial charge in [-0.25, -0.2) is 23.1 Å². The van der Waals surface area contributed by atoms with Crippen LogP contribution in [-0.2, 0) is 42.9 Å². The predicted molar refractivity (Wildman–Crippen MR) is 282 cm³/mol. The summed E-state index contributed by atoms with van der Waals surface area (Å²) in [6.45, 7) is 2.25. The van der Waals surface area contributed by atoms with Crippen molar-refractivity contribution in [2.75, 3.05) is 52.0 Å². The highest BCUT2D eigenvalue weighted by Crippen LogP contribution is 2.66. The van der Waals surface area contributed by atoms with E-state index >= 15 is 0 Å². The van der Waals surface area contributed by atoms with Gasteiger partial charge in [0, 0.05) is 89.4 Å². The summed E-state index contributed by atoms with van der Waals surface area (Å²) >= 11 is 0. The van der Waals surface area contributed by atoms with Crippen molar-refractivity contribution in [3.8, 4) is 34.3 Å². The molecule has 0 radical (unpaired) electrons. The number of fused-ring (bicyclic) bond motifs is 2. The zero-order chi connectivity index (χ0) is 57.0. The Kier molecular flexibility index (Phi) is 18.2. The molecule has 4 aromatic rings. The Morgan fingerprint density at radius 1 is 1.01 bits per heavy atom. The molecule has 6 atom stereocenters. The monoisotopic (exact) mass is 1140 g/mol. The molecule has 1 aliphatic carbocycles. The van der Waals surface area contributed by atoms with Gasteiger partial charge in [0.25, 0.3) is 11.6 Å². The van der Waals surface area contributed by atoms with Gasteiger partial charge >= 0.3 is 29.2 Å². The molecule has 3 aliphatic rings. The Bertz CT molecular complexity index is 3620. The van der Waals surface area contributed by atoms with E-state index in [2.05, 4.69) is 35.3 Å². The van der Waals surface area contributed by atoms with Gasteiger partial charge in [0.2, 0.25) is 5.36 Å². The minimum Gasteiger partial charge on any atom is -0.456 e. The van der Waals surface area contributed by atoms with Crippen LogP contribution < -0.4 is 31.6 Å². The molecule has 8 N–H and O–H groups in total. The highest BCUT2D eigenvalue weighted by molar-refractivity contribution is 7.66. The lowest BCUT2D eigenvalue weighted by Crippen LogP contribution is -2.29. The van der Waals surface area contributed by atoms with Crippen LogP contribution in [0.1, 0.15) is 76.4 Å². The third-order valence-electron chi connectivity index (χ3n) is 12.1. The SMILES string of the molecule is CC(C)C[C@@H](OCc1cn([C@H]2C[C@@H](O)[C@@H](COP(=O)(O)OP(=O)(O)OP(=O)(O)O)O2)c(=O)nc1N)c1ccc(C#CCNC(=O)c2ccc(C=O)c(-c3c4ccc(=[N+](C)C)cc-4oc4cc(N(C)C)ccc34)c2)cc1[N+](=O)[O-]. The predicted octanol–water partition coefficient (Wildman–Crippen LogP) is 5.24. The molecule has 0 saturated carbocycles. The van der Waals surface area contributed by atoms with E-state index in [1.807, 2.05) is 87.9 Å². The number of nitrogen functional groups attached to an aromatic ring is 1. The van der Waals surface area contributed by atoms with Gasteiger partial charge in [-0.3, -0.25) is 28.8 Å². The number of aliphatic hydroxyl groups is 1. The zero-order valence-electron chi connectivity index (χ0n) is 42.6. The molecule has 1 amide bonds. The fourth-order valence-corrected chi connectivity index (χ4v) is 11.4. The fourth-order valence-electron chi connectivity index (χ4n) is 8.40. The first kappa shape index (κ1) is 58.9. The number of nitrogens with one attached hydrogen (secondary N) is 1. The summed E-state index contributed by atoms with van der Waals surface area (Å²) in [6, 6.07) is 20.6. The number of phosphoric ester groups is 1. The molecule has 0 bridgehead atoms. The lowest BCUT2D eigenvalue weighted by Gasteiger charge is -2.22. The maximum atomic E-state index is 13.7. The van der Waals surface area contributed by atoms with Gasteiger partial charge in [0.05, 0.1) is 48.5 Å². The number of benzene rings is 4. The summed E-state index contributed by atoms with van der Waals surface area (Å²) in [6.07, 6.45) is -3.26. The van der Waals surface area contributed by atoms with Crippen LogP contribution in [0, 0.1) is 27.9 Å². The summed E-state index contributed by atoms with van der Waals surface area (Å²) in [5, 5.41) is 27.6. The lowest BCUT2D eigenvalue weighted by atomic mass is 9.89. The Balaban J connectivity index is 1.05. The van der Waals surface area contributed by atoms with E-state index in [9.17, 15) is 53.1 Å². The van der Waals surface area contributed by atoms with E-state index in [4.69, 9.17) is 29.4 Å². The third kappa shape index (κ3) is 14.5. The van der Waals surface area contributed by atoms with Crippen LogP contribution >= 0.6 is 23.5 Å². The lowest BCUT2D eigenvalue weighted by molar-refractivity contribution is -0.386. The van der Waals surface area contributed by atoms with Crippen molar-refractivity contribution in [2.45, 2.75) is 57.8 Å². The van der Waals surface area contributed by atoms with Crippen molar-refractivity contribution < 1.29 is 79.9 Å². The van der Waals surface area contributed by atoms with Crippen molar-refractivity contribution in [1.82, 2.24) is 19.4 Å². The minimum absolute atomic E-state index is 0.0580. The quantitative estimate of drug-likeness (QED) is 0.00977. The van der Waals surface area contributed by atoms with E-state index in [0.717, 1.165) is 32.8 Å². The van der Waals surface area contributed by atoms with E-state index in [1.165, 1.54) is 24.4 Å². The van der Waals surface area contributed by atoms with Crippen molar-refractivity contribution in [2.24, 2.45) is 5.92 Å². The van der Waals surface area contributed by atoms with Crippen LogP contribution in [0.25, 0.3) is 33.4 Å². The molecule has 3 heterocycles. The van der Waals surface area contributed by atoms with Crippen molar-refractivity contribution in [3.63, 3.8) is 0 Å². The fraction of sp³-hybridized carbons (Fsp3) is 0.327. The molecule has 2 unspecified atom stereocenters. The molecule has 78 heavy (non-hydrogen) atoms. The molecule has 1 saturated heterocycles.